The van der Waals surface area contributed by atoms with Crippen LogP contribution in [0, 0.1) is 46.3 Å². The molecule has 9 nitrogen and oxygen atoms in total. The van der Waals surface area contributed by atoms with Crippen LogP contribution in [-0.4, -0.2) is 61.0 Å². The Hall–Kier alpha value is -1.78. The lowest BCUT2D eigenvalue weighted by Gasteiger charge is -2.58. The molecule has 5 N–H and O–H groups in total. The van der Waals surface area contributed by atoms with Gasteiger partial charge in [0.1, 0.15) is 18.3 Å². The minimum atomic E-state index is -1.35. The Labute approximate surface area is 268 Å². The van der Waals surface area contributed by atoms with Gasteiger partial charge in [0.2, 0.25) is 0 Å². The number of hydrogen-bond donors (Lipinski definition) is 5. The number of rotatable bonds is 7. The molecule has 0 aromatic carbocycles. The van der Waals surface area contributed by atoms with Gasteiger partial charge in [-0.3, -0.25) is 14.3 Å². The van der Waals surface area contributed by atoms with Crippen LogP contribution in [0.3, 0.4) is 0 Å². The lowest BCUT2D eigenvalue weighted by molar-refractivity contribution is -0.0573. The van der Waals surface area contributed by atoms with E-state index in [1.165, 1.54) is 57.8 Å². The number of aromatic nitrogens is 2. The maximum absolute atomic E-state index is 11.4. The van der Waals surface area contributed by atoms with Crippen molar-refractivity contribution in [3.8, 4) is 0 Å². The van der Waals surface area contributed by atoms with Crippen molar-refractivity contribution in [1.82, 2.24) is 9.55 Å². The highest BCUT2D eigenvalue weighted by atomic mass is 16.6. The van der Waals surface area contributed by atoms with E-state index in [9.17, 15) is 24.9 Å². The van der Waals surface area contributed by atoms with Crippen molar-refractivity contribution in [2.24, 2.45) is 46.3 Å². The first-order valence-corrected chi connectivity index (χ1v) is 17.6. The SMILES string of the molecule is CC(C)CCC[C@@H](C)[C@H]1CC[C@H]2[C@@H]3CC=C4C[C@@H](O)CC[C@]4(C)[C@H]3CC[C@]12C.O=c1ccn([C@@H]2O[C@H](CO)[C@@H](O)[C@H]2O)c(=O)[nH]1. The van der Waals surface area contributed by atoms with Crippen LogP contribution < -0.4 is 11.2 Å². The number of ether oxygens (including phenoxy) is 1. The second-order valence-corrected chi connectivity index (χ2v) is 15.9. The molecule has 9 heteroatoms. The molecule has 2 heterocycles. The lowest BCUT2D eigenvalue weighted by atomic mass is 9.47. The van der Waals surface area contributed by atoms with E-state index in [2.05, 4.69) is 40.7 Å². The van der Waals surface area contributed by atoms with Gasteiger partial charge >= 0.3 is 5.69 Å². The molecule has 1 aliphatic heterocycles. The maximum Gasteiger partial charge on any atom is 0.330 e. The number of allylic oxidation sites excluding steroid dienone is 1. The van der Waals surface area contributed by atoms with E-state index < -0.39 is 42.4 Å². The van der Waals surface area contributed by atoms with Gasteiger partial charge in [-0.25, -0.2) is 4.79 Å². The van der Waals surface area contributed by atoms with Gasteiger partial charge in [-0.15, -0.1) is 0 Å². The van der Waals surface area contributed by atoms with E-state index in [1.807, 2.05) is 4.98 Å². The van der Waals surface area contributed by atoms with Gasteiger partial charge < -0.3 is 25.2 Å². The summed E-state index contributed by atoms with van der Waals surface area (Å²) in [6.07, 6.45) is 13.6. The van der Waals surface area contributed by atoms with Gasteiger partial charge in [0, 0.05) is 12.3 Å². The van der Waals surface area contributed by atoms with Gasteiger partial charge in [0.05, 0.1) is 12.7 Å². The predicted octanol–water partition coefficient (Wildman–Crippen LogP) is 4.54. The zero-order chi connectivity index (χ0) is 32.7. The van der Waals surface area contributed by atoms with E-state index >= 15 is 0 Å². The molecule has 6 rings (SSSR count). The Balaban J connectivity index is 0.000000201. The predicted molar refractivity (Wildman–Crippen MR) is 173 cm³/mol. The highest BCUT2D eigenvalue weighted by Gasteiger charge is 2.59. The summed E-state index contributed by atoms with van der Waals surface area (Å²) in [5.41, 5.74) is 1.27. The van der Waals surface area contributed by atoms with E-state index in [-0.39, 0.29) is 6.10 Å². The Kier molecular flexibility index (Phi) is 10.6. The summed E-state index contributed by atoms with van der Waals surface area (Å²) < 4.78 is 6.08. The molecule has 3 saturated carbocycles. The first kappa shape index (κ1) is 34.6. The molecule has 1 saturated heterocycles. The lowest BCUT2D eigenvalue weighted by Crippen LogP contribution is -2.50. The van der Waals surface area contributed by atoms with E-state index in [1.54, 1.807) is 5.57 Å². The van der Waals surface area contributed by atoms with Crippen molar-refractivity contribution < 1.29 is 25.2 Å². The van der Waals surface area contributed by atoms with Gasteiger partial charge in [0.25, 0.3) is 5.56 Å². The van der Waals surface area contributed by atoms with Gasteiger partial charge in [-0.2, -0.15) is 0 Å². The molecule has 45 heavy (non-hydrogen) atoms. The molecule has 0 radical (unpaired) electrons. The highest BCUT2D eigenvalue weighted by Crippen LogP contribution is 2.67. The van der Waals surface area contributed by atoms with Crippen molar-refractivity contribution in [2.45, 2.75) is 136 Å². The number of nitrogens with one attached hydrogen (secondary N) is 1. The molecule has 5 aliphatic rings. The zero-order valence-electron chi connectivity index (χ0n) is 28.0. The molecule has 1 aromatic rings. The van der Waals surface area contributed by atoms with Crippen molar-refractivity contribution in [1.29, 1.82) is 0 Å². The van der Waals surface area contributed by atoms with Crippen molar-refractivity contribution in [3.63, 3.8) is 0 Å². The molecule has 0 spiro atoms. The number of nitrogens with zero attached hydrogens (tertiary/aromatic N) is 1. The van der Waals surface area contributed by atoms with Crippen LogP contribution in [0.25, 0.3) is 0 Å². The summed E-state index contributed by atoms with van der Waals surface area (Å²) in [6.45, 7) is 12.1. The van der Waals surface area contributed by atoms with E-state index in [4.69, 9.17) is 9.84 Å². The second-order valence-electron chi connectivity index (χ2n) is 15.9. The van der Waals surface area contributed by atoms with Crippen LogP contribution in [-0.2, 0) is 4.74 Å². The molecule has 1 aromatic heterocycles. The standard InChI is InChI=1S/C27H46O.C9H12N2O6/c1-18(2)7-6-8-19(3)23-11-12-24-22-10-9-20-17-21(28)13-15-26(20,4)25(22)14-16-27(23,24)5;12-3-4-6(14)7(15)8(17-4)11-2-1-5(13)10-9(11)16/h9,18-19,21-25,28H,6-8,10-17H2,1-5H3;1-2,4,6-8,12,14-15H,3H2,(H,10,13,16)/t19-,21+,22+,23-,24+,25+,26+,27-;4-,6-,7-,8-/m11/s1. The number of aliphatic hydroxyl groups is 4. The monoisotopic (exact) mass is 630 g/mol. The Morgan fingerprint density at radius 1 is 1.00 bits per heavy atom. The first-order valence-electron chi connectivity index (χ1n) is 17.6. The van der Waals surface area contributed by atoms with Gasteiger partial charge in [-0.1, -0.05) is 65.5 Å². The van der Waals surface area contributed by atoms with Crippen LogP contribution >= 0.6 is 0 Å². The normalized spacial score (nSPS) is 41.4. The number of H-pyrrole nitrogens is 1. The third-order valence-corrected chi connectivity index (χ3v) is 12.9. The van der Waals surface area contributed by atoms with Crippen LogP contribution in [0.5, 0.6) is 0 Å². The molecule has 12 atom stereocenters. The zero-order valence-corrected chi connectivity index (χ0v) is 28.0. The molecular formula is C36H58N2O7. The second kappa shape index (κ2) is 13.8. The molecule has 254 valence electrons. The summed E-state index contributed by atoms with van der Waals surface area (Å²) >= 11 is 0. The van der Waals surface area contributed by atoms with E-state index in [0.717, 1.165) is 65.2 Å². The third-order valence-electron chi connectivity index (χ3n) is 12.9. The van der Waals surface area contributed by atoms with Crippen LogP contribution in [0.1, 0.15) is 111 Å². The summed E-state index contributed by atoms with van der Waals surface area (Å²) in [5.74, 6) is 5.46. The Morgan fingerprint density at radius 2 is 1.76 bits per heavy atom. The van der Waals surface area contributed by atoms with Crippen LogP contribution in [0.15, 0.2) is 33.5 Å². The fourth-order valence-electron chi connectivity index (χ4n) is 10.4. The minimum absolute atomic E-state index is 0.0766. The molecule has 0 unspecified atom stereocenters. The van der Waals surface area contributed by atoms with Gasteiger partial charge in [0.15, 0.2) is 6.23 Å². The molecule has 0 bridgehead atoms. The van der Waals surface area contributed by atoms with Gasteiger partial charge in [-0.05, 0) is 97.7 Å². The van der Waals surface area contributed by atoms with E-state index in [0.29, 0.717) is 10.8 Å². The highest BCUT2D eigenvalue weighted by molar-refractivity contribution is 5.25. The molecule has 4 aliphatic carbocycles. The summed E-state index contributed by atoms with van der Waals surface area (Å²) in [5, 5.41) is 38.3. The first-order chi connectivity index (χ1) is 21.3. The quantitative estimate of drug-likeness (QED) is 0.278. The molecule has 4 fully saturated rings. The minimum Gasteiger partial charge on any atom is -0.394 e. The number of aliphatic hydroxyl groups excluding tert-OH is 4. The number of aromatic amines is 1. The smallest absolute Gasteiger partial charge is 0.330 e. The molecular weight excluding hydrogens is 572 g/mol. The fraction of sp³-hybridized carbons (Fsp3) is 0.833. The van der Waals surface area contributed by atoms with Crippen molar-refractivity contribution in [3.05, 3.63) is 44.8 Å². The Morgan fingerprint density at radius 3 is 2.42 bits per heavy atom. The third kappa shape index (κ3) is 6.67. The van der Waals surface area contributed by atoms with Crippen molar-refractivity contribution in [2.75, 3.05) is 6.61 Å². The van der Waals surface area contributed by atoms with Crippen molar-refractivity contribution >= 4 is 0 Å². The summed E-state index contributed by atoms with van der Waals surface area (Å²) in [7, 11) is 0. The maximum atomic E-state index is 11.4. The Bertz CT molecular complexity index is 1310. The number of fused-ring (bicyclic) bond motifs is 5. The molecule has 0 amide bonds. The average molecular weight is 631 g/mol. The fourth-order valence-corrected chi connectivity index (χ4v) is 10.4. The average Bonchev–Trinajstić information content (AvgIpc) is 3.49. The largest absolute Gasteiger partial charge is 0.394 e. The van der Waals surface area contributed by atoms with Crippen LogP contribution in [0.2, 0.25) is 0 Å². The van der Waals surface area contributed by atoms with Crippen LogP contribution in [0.4, 0.5) is 0 Å². The topological polar surface area (TPSA) is 145 Å². The summed E-state index contributed by atoms with van der Waals surface area (Å²) in [6, 6.07) is 1.09. The summed E-state index contributed by atoms with van der Waals surface area (Å²) in [4.78, 5) is 24.3. The number of hydrogen-bond acceptors (Lipinski definition) is 7.